The summed E-state index contributed by atoms with van der Waals surface area (Å²) in [7, 11) is 0. The maximum Gasteiger partial charge on any atom is 0.240 e. The molecule has 2 heterocycles. The van der Waals surface area contributed by atoms with E-state index in [2.05, 4.69) is 10.5 Å². The molecule has 2 unspecified atom stereocenters. The largest absolute Gasteiger partial charge is 0.392 e. The molecule has 6 nitrogen and oxygen atoms in total. The molecule has 1 amide bonds. The number of aryl methyl sites for hydroxylation is 1. The predicted octanol–water partition coefficient (Wildman–Crippen LogP) is 0.624. The minimum atomic E-state index is -0.348. The number of anilines is 1. The highest BCUT2D eigenvalue weighted by molar-refractivity contribution is 5.90. The van der Waals surface area contributed by atoms with Gasteiger partial charge in [-0.3, -0.25) is 15.0 Å². The van der Waals surface area contributed by atoms with Gasteiger partial charge < -0.3 is 9.63 Å². The Bertz CT molecular complexity index is 418. The van der Waals surface area contributed by atoms with Gasteiger partial charge in [-0.05, 0) is 25.8 Å². The van der Waals surface area contributed by atoms with E-state index in [9.17, 15) is 9.90 Å². The van der Waals surface area contributed by atoms with Gasteiger partial charge in [-0.2, -0.15) is 0 Å². The third kappa shape index (κ3) is 3.30. The zero-order chi connectivity index (χ0) is 13.1. The molecular formula is C12H19N3O3. The zero-order valence-electron chi connectivity index (χ0n) is 10.7. The molecule has 0 saturated carbocycles. The summed E-state index contributed by atoms with van der Waals surface area (Å²) in [5.41, 5.74) is 0.729. The van der Waals surface area contributed by atoms with Crippen LogP contribution in [0.3, 0.4) is 0 Å². The van der Waals surface area contributed by atoms with Gasteiger partial charge in [0.05, 0.1) is 18.3 Å². The number of aliphatic hydroxyl groups excluding tert-OH is 1. The summed E-state index contributed by atoms with van der Waals surface area (Å²) in [4.78, 5) is 13.7. The van der Waals surface area contributed by atoms with E-state index in [0.717, 1.165) is 18.7 Å². The third-order valence-corrected chi connectivity index (χ3v) is 3.26. The molecule has 1 aliphatic heterocycles. The number of β-amino-alcohol motifs (C(OH)–C–C–N with tert-alkyl or cyclic N) is 1. The number of piperidine rings is 1. The number of likely N-dealkylation sites (tertiary alicyclic amines) is 1. The maximum absolute atomic E-state index is 11.8. The number of nitrogens with zero attached hydrogens (tertiary/aromatic N) is 2. The van der Waals surface area contributed by atoms with E-state index >= 15 is 0 Å². The molecule has 6 heteroatoms. The molecule has 2 rings (SSSR count). The number of hydrogen-bond donors (Lipinski definition) is 2. The highest BCUT2D eigenvalue weighted by Crippen LogP contribution is 2.16. The minimum absolute atomic E-state index is 0.145. The van der Waals surface area contributed by atoms with Crippen molar-refractivity contribution in [2.45, 2.75) is 26.4 Å². The van der Waals surface area contributed by atoms with E-state index < -0.39 is 0 Å². The van der Waals surface area contributed by atoms with Crippen LogP contribution in [-0.4, -0.2) is 46.8 Å². The standard InChI is InChI=1S/C12H19N3O3/c1-8-3-4-15(6-10(8)16)7-11(17)13-12-5-9(2)14-18-12/h5,8,10,16H,3-4,6-7H2,1-2H3,(H,13,17). The summed E-state index contributed by atoms with van der Waals surface area (Å²) in [6.07, 6.45) is 0.564. The van der Waals surface area contributed by atoms with Crippen molar-refractivity contribution < 1.29 is 14.4 Å². The molecule has 2 N–H and O–H groups in total. The van der Waals surface area contributed by atoms with Crippen molar-refractivity contribution >= 4 is 11.8 Å². The number of carbonyl (C=O) groups is 1. The lowest BCUT2D eigenvalue weighted by Gasteiger charge is -2.33. The molecular weight excluding hydrogens is 234 g/mol. The van der Waals surface area contributed by atoms with Gasteiger partial charge in [-0.15, -0.1) is 0 Å². The molecule has 1 aromatic heterocycles. The average molecular weight is 253 g/mol. The summed E-state index contributed by atoms with van der Waals surface area (Å²) in [6, 6.07) is 1.67. The lowest BCUT2D eigenvalue weighted by Crippen LogP contribution is -2.45. The minimum Gasteiger partial charge on any atom is -0.392 e. The molecule has 0 radical (unpaired) electrons. The average Bonchev–Trinajstić information content (AvgIpc) is 2.69. The van der Waals surface area contributed by atoms with Crippen LogP contribution in [0.15, 0.2) is 10.6 Å². The maximum atomic E-state index is 11.8. The Morgan fingerprint density at radius 3 is 3.11 bits per heavy atom. The van der Waals surface area contributed by atoms with E-state index in [4.69, 9.17) is 4.52 Å². The van der Waals surface area contributed by atoms with Gasteiger partial charge in [0.2, 0.25) is 11.8 Å². The van der Waals surface area contributed by atoms with Crippen LogP contribution in [0.1, 0.15) is 19.0 Å². The lowest BCUT2D eigenvalue weighted by molar-refractivity contribution is -0.118. The summed E-state index contributed by atoms with van der Waals surface area (Å²) in [5.74, 6) is 0.526. The highest BCUT2D eigenvalue weighted by atomic mass is 16.5. The molecule has 1 aliphatic rings. The number of amides is 1. The topological polar surface area (TPSA) is 78.6 Å². The van der Waals surface area contributed by atoms with E-state index in [0.29, 0.717) is 18.3 Å². The van der Waals surface area contributed by atoms with Crippen molar-refractivity contribution in [3.8, 4) is 0 Å². The Balaban J connectivity index is 1.81. The first-order valence-corrected chi connectivity index (χ1v) is 6.18. The zero-order valence-corrected chi connectivity index (χ0v) is 10.7. The van der Waals surface area contributed by atoms with Crippen LogP contribution in [0.5, 0.6) is 0 Å². The summed E-state index contributed by atoms with van der Waals surface area (Å²) in [5, 5.41) is 16.1. The highest BCUT2D eigenvalue weighted by Gasteiger charge is 2.25. The summed E-state index contributed by atoms with van der Waals surface area (Å²) in [6.45, 7) is 5.47. The Kier molecular flexibility index (Phi) is 3.98. The monoisotopic (exact) mass is 253 g/mol. The molecule has 1 aromatic rings. The van der Waals surface area contributed by atoms with Crippen molar-refractivity contribution in [2.24, 2.45) is 5.92 Å². The molecule has 0 aliphatic carbocycles. The van der Waals surface area contributed by atoms with Crippen LogP contribution in [0, 0.1) is 12.8 Å². The van der Waals surface area contributed by atoms with Crippen molar-refractivity contribution in [1.82, 2.24) is 10.1 Å². The molecule has 0 spiro atoms. The molecule has 18 heavy (non-hydrogen) atoms. The molecule has 100 valence electrons. The number of aromatic nitrogens is 1. The van der Waals surface area contributed by atoms with Crippen molar-refractivity contribution in [3.05, 3.63) is 11.8 Å². The van der Waals surface area contributed by atoms with E-state index in [1.807, 2.05) is 11.8 Å². The molecule has 0 bridgehead atoms. The normalized spacial score (nSPS) is 25.1. The van der Waals surface area contributed by atoms with Crippen LogP contribution < -0.4 is 5.32 Å². The van der Waals surface area contributed by atoms with Crippen LogP contribution in [-0.2, 0) is 4.79 Å². The van der Waals surface area contributed by atoms with Crippen LogP contribution in [0.4, 0.5) is 5.88 Å². The van der Waals surface area contributed by atoms with Crippen molar-refractivity contribution in [3.63, 3.8) is 0 Å². The van der Waals surface area contributed by atoms with E-state index in [1.165, 1.54) is 0 Å². The van der Waals surface area contributed by atoms with Gasteiger partial charge in [0, 0.05) is 12.6 Å². The van der Waals surface area contributed by atoms with Gasteiger partial charge in [-0.25, -0.2) is 0 Å². The third-order valence-electron chi connectivity index (χ3n) is 3.26. The molecule has 0 aromatic carbocycles. The number of hydrogen-bond acceptors (Lipinski definition) is 5. The van der Waals surface area contributed by atoms with Gasteiger partial charge >= 0.3 is 0 Å². The smallest absolute Gasteiger partial charge is 0.240 e. The van der Waals surface area contributed by atoms with Gasteiger partial charge in [0.1, 0.15) is 0 Å². The lowest BCUT2D eigenvalue weighted by atomic mass is 9.96. The number of nitrogens with one attached hydrogen (secondary N) is 1. The van der Waals surface area contributed by atoms with Crippen LogP contribution in [0.2, 0.25) is 0 Å². The van der Waals surface area contributed by atoms with Crippen LogP contribution >= 0.6 is 0 Å². The molecule has 2 atom stereocenters. The molecule has 1 fully saturated rings. The first-order chi connectivity index (χ1) is 8.54. The van der Waals surface area contributed by atoms with Gasteiger partial charge in [0.25, 0.3) is 0 Å². The van der Waals surface area contributed by atoms with E-state index in [1.54, 1.807) is 13.0 Å². The Labute approximate surface area is 106 Å². The predicted molar refractivity (Wildman–Crippen MR) is 66.1 cm³/mol. The number of rotatable bonds is 3. The number of aliphatic hydroxyl groups is 1. The first-order valence-electron chi connectivity index (χ1n) is 6.18. The second kappa shape index (κ2) is 5.49. The Hall–Kier alpha value is -1.40. The quantitative estimate of drug-likeness (QED) is 0.825. The fourth-order valence-corrected chi connectivity index (χ4v) is 2.06. The van der Waals surface area contributed by atoms with Gasteiger partial charge in [-0.1, -0.05) is 12.1 Å². The van der Waals surface area contributed by atoms with E-state index in [-0.39, 0.29) is 18.6 Å². The summed E-state index contributed by atoms with van der Waals surface area (Å²) >= 11 is 0. The molecule has 1 saturated heterocycles. The second-order valence-corrected chi connectivity index (χ2v) is 4.95. The van der Waals surface area contributed by atoms with Crippen LogP contribution in [0.25, 0.3) is 0 Å². The first kappa shape index (κ1) is 13.0. The Morgan fingerprint density at radius 2 is 2.50 bits per heavy atom. The second-order valence-electron chi connectivity index (χ2n) is 4.95. The fourth-order valence-electron chi connectivity index (χ4n) is 2.06. The summed E-state index contributed by atoms with van der Waals surface area (Å²) < 4.78 is 4.91. The van der Waals surface area contributed by atoms with Gasteiger partial charge in [0.15, 0.2) is 0 Å². The Morgan fingerprint density at radius 1 is 1.72 bits per heavy atom. The van der Waals surface area contributed by atoms with Crippen molar-refractivity contribution in [1.29, 1.82) is 0 Å². The number of carbonyl (C=O) groups excluding carboxylic acids is 1. The van der Waals surface area contributed by atoms with Crippen molar-refractivity contribution in [2.75, 3.05) is 25.0 Å². The fraction of sp³-hybridized carbons (Fsp3) is 0.667. The SMILES string of the molecule is Cc1cc(NC(=O)CN2CCC(C)C(O)C2)on1.